The van der Waals surface area contributed by atoms with Gasteiger partial charge in [-0.3, -0.25) is 4.90 Å². The molecule has 128 valence electrons. The summed E-state index contributed by atoms with van der Waals surface area (Å²) in [6.45, 7) is 11.2. The molecule has 1 aliphatic rings. The molecule has 0 radical (unpaired) electrons. The van der Waals surface area contributed by atoms with Gasteiger partial charge >= 0.3 is 0 Å². The highest BCUT2D eigenvalue weighted by atomic mass is 16.5. The standard InChI is InChI=1S/C19H29NO3/c1-4-7-17-8-5-6-9-18(17)13-22-14-19(21)12-20-10-15(2)23-16(3)11-20/h4-6,8-9,15-16,19,21H,1,7,10-14H2,2-3H3. The van der Waals surface area contributed by atoms with Crippen molar-refractivity contribution < 1.29 is 14.6 Å². The molecule has 1 aromatic rings. The molecule has 0 aliphatic carbocycles. The van der Waals surface area contributed by atoms with E-state index in [1.54, 1.807) is 0 Å². The molecule has 0 saturated carbocycles. The van der Waals surface area contributed by atoms with Crippen molar-refractivity contribution >= 4 is 0 Å². The molecule has 0 amide bonds. The van der Waals surface area contributed by atoms with Crippen LogP contribution in [-0.4, -0.2) is 54.6 Å². The SMILES string of the molecule is C=CCc1ccccc1COCC(O)CN1CC(C)OC(C)C1. The Morgan fingerprint density at radius 3 is 2.61 bits per heavy atom. The van der Waals surface area contributed by atoms with E-state index < -0.39 is 6.10 Å². The maximum absolute atomic E-state index is 10.2. The highest BCUT2D eigenvalue weighted by Crippen LogP contribution is 2.13. The van der Waals surface area contributed by atoms with Gasteiger partial charge in [0.1, 0.15) is 0 Å². The zero-order valence-corrected chi connectivity index (χ0v) is 14.3. The summed E-state index contributed by atoms with van der Waals surface area (Å²) in [5.41, 5.74) is 2.39. The van der Waals surface area contributed by atoms with Gasteiger partial charge in [-0.25, -0.2) is 0 Å². The molecule has 4 heteroatoms. The average Bonchev–Trinajstić information content (AvgIpc) is 2.48. The summed E-state index contributed by atoms with van der Waals surface area (Å²) in [5.74, 6) is 0. The predicted molar refractivity (Wildman–Crippen MR) is 92.5 cm³/mol. The van der Waals surface area contributed by atoms with Crippen molar-refractivity contribution in [2.45, 2.75) is 45.2 Å². The number of β-amino-alcohol motifs (C(OH)–C–C–N with tert-alkyl or cyclic N) is 1. The molecule has 3 atom stereocenters. The Morgan fingerprint density at radius 2 is 1.96 bits per heavy atom. The van der Waals surface area contributed by atoms with E-state index >= 15 is 0 Å². The Kier molecular flexibility index (Phi) is 7.24. The zero-order valence-electron chi connectivity index (χ0n) is 14.3. The van der Waals surface area contributed by atoms with Crippen LogP contribution in [0.2, 0.25) is 0 Å². The monoisotopic (exact) mass is 319 g/mol. The summed E-state index contributed by atoms with van der Waals surface area (Å²) in [4.78, 5) is 2.25. The third-order valence-corrected chi connectivity index (χ3v) is 4.01. The predicted octanol–water partition coefficient (Wildman–Crippen LogP) is 2.40. The number of nitrogens with zero attached hydrogens (tertiary/aromatic N) is 1. The number of aliphatic hydroxyl groups excluding tert-OH is 1. The summed E-state index contributed by atoms with van der Waals surface area (Å²) in [7, 11) is 0. The first-order chi connectivity index (χ1) is 11.1. The van der Waals surface area contributed by atoms with Gasteiger partial charge in [-0.2, -0.15) is 0 Å². The Hall–Kier alpha value is -1.20. The molecule has 1 aliphatic heterocycles. The number of hydrogen-bond donors (Lipinski definition) is 1. The summed E-state index contributed by atoms with van der Waals surface area (Å²) in [6, 6.07) is 8.19. The fourth-order valence-electron chi connectivity index (χ4n) is 3.14. The summed E-state index contributed by atoms with van der Waals surface area (Å²) < 4.78 is 11.4. The van der Waals surface area contributed by atoms with Gasteiger partial charge in [0.15, 0.2) is 0 Å². The van der Waals surface area contributed by atoms with Gasteiger partial charge in [0.25, 0.3) is 0 Å². The van der Waals surface area contributed by atoms with Crippen LogP contribution in [0, 0.1) is 0 Å². The van der Waals surface area contributed by atoms with Crippen LogP contribution in [0.4, 0.5) is 0 Å². The summed E-state index contributed by atoms with van der Waals surface area (Å²) >= 11 is 0. The lowest BCUT2D eigenvalue weighted by Gasteiger charge is -2.36. The normalized spacial score (nSPS) is 23.6. The van der Waals surface area contributed by atoms with E-state index in [0.29, 0.717) is 19.8 Å². The molecule has 0 spiro atoms. The van der Waals surface area contributed by atoms with Gasteiger partial charge in [0.05, 0.1) is 31.5 Å². The molecule has 1 heterocycles. The quantitative estimate of drug-likeness (QED) is 0.747. The first-order valence-electron chi connectivity index (χ1n) is 8.39. The molecule has 1 N–H and O–H groups in total. The topological polar surface area (TPSA) is 41.9 Å². The second-order valence-electron chi connectivity index (χ2n) is 6.41. The van der Waals surface area contributed by atoms with E-state index in [-0.39, 0.29) is 12.2 Å². The number of rotatable bonds is 8. The van der Waals surface area contributed by atoms with Crippen LogP contribution < -0.4 is 0 Å². The molecule has 2 rings (SSSR count). The Balaban J connectivity index is 1.74. The van der Waals surface area contributed by atoms with E-state index in [4.69, 9.17) is 9.47 Å². The van der Waals surface area contributed by atoms with Gasteiger partial charge in [-0.1, -0.05) is 30.3 Å². The van der Waals surface area contributed by atoms with E-state index in [1.165, 1.54) is 5.56 Å². The van der Waals surface area contributed by atoms with Crippen molar-refractivity contribution in [1.29, 1.82) is 0 Å². The first kappa shape index (κ1) is 18.1. The van der Waals surface area contributed by atoms with Crippen molar-refractivity contribution in [3.63, 3.8) is 0 Å². The van der Waals surface area contributed by atoms with Crippen LogP contribution >= 0.6 is 0 Å². The molecule has 4 nitrogen and oxygen atoms in total. The lowest BCUT2D eigenvalue weighted by atomic mass is 10.1. The van der Waals surface area contributed by atoms with Crippen molar-refractivity contribution in [3.05, 3.63) is 48.0 Å². The first-order valence-corrected chi connectivity index (χ1v) is 8.39. The minimum Gasteiger partial charge on any atom is -0.389 e. The van der Waals surface area contributed by atoms with Crippen LogP contribution in [-0.2, 0) is 22.5 Å². The van der Waals surface area contributed by atoms with E-state index in [2.05, 4.69) is 37.5 Å². The number of ether oxygens (including phenoxy) is 2. The second-order valence-corrected chi connectivity index (χ2v) is 6.41. The van der Waals surface area contributed by atoms with Gasteiger partial charge in [-0.05, 0) is 31.4 Å². The fraction of sp³-hybridized carbons (Fsp3) is 0.579. The fourth-order valence-corrected chi connectivity index (χ4v) is 3.14. The lowest BCUT2D eigenvalue weighted by Crippen LogP contribution is -2.48. The van der Waals surface area contributed by atoms with Crippen molar-refractivity contribution in [1.82, 2.24) is 4.90 Å². The Bertz CT molecular complexity index is 481. The molecular weight excluding hydrogens is 290 g/mol. The summed E-state index contributed by atoms with van der Waals surface area (Å²) in [6.07, 6.45) is 2.70. The maximum atomic E-state index is 10.2. The average molecular weight is 319 g/mol. The lowest BCUT2D eigenvalue weighted by molar-refractivity contribution is -0.0826. The van der Waals surface area contributed by atoms with Gasteiger partial charge < -0.3 is 14.6 Å². The van der Waals surface area contributed by atoms with E-state index in [0.717, 1.165) is 25.1 Å². The number of allylic oxidation sites excluding steroid dienone is 1. The molecule has 1 fully saturated rings. The van der Waals surface area contributed by atoms with Crippen LogP contribution in [0.1, 0.15) is 25.0 Å². The van der Waals surface area contributed by atoms with Gasteiger partial charge in [-0.15, -0.1) is 6.58 Å². The van der Waals surface area contributed by atoms with E-state index in [1.807, 2.05) is 18.2 Å². The maximum Gasteiger partial charge on any atom is 0.0900 e. The van der Waals surface area contributed by atoms with Crippen molar-refractivity contribution in [3.8, 4) is 0 Å². The molecule has 23 heavy (non-hydrogen) atoms. The van der Waals surface area contributed by atoms with Crippen LogP contribution in [0.25, 0.3) is 0 Å². The smallest absolute Gasteiger partial charge is 0.0900 e. The van der Waals surface area contributed by atoms with Crippen molar-refractivity contribution in [2.24, 2.45) is 0 Å². The molecular formula is C19H29NO3. The second kappa shape index (κ2) is 9.18. The van der Waals surface area contributed by atoms with Crippen LogP contribution in [0.3, 0.4) is 0 Å². The van der Waals surface area contributed by atoms with Gasteiger partial charge in [0.2, 0.25) is 0 Å². The molecule has 0 aromatic heterocycles. The number of aliphatic hydroxyl groups is 1. The minimum absolute atomic E-state index is 0.220. The third-order valence-electron chi connectivity index (χ3n) is 4.01. The zero-order chi connectivity index (χ0) is 16.7. The highest BCUT2D eigenvalue weighted by molar-refractivity contribution is 5.28. The highest BCUT2D eigenvalue weighted by Gasteiger charge is 2.23. The number of morpholine rings is 1. The third kappa shape index (κ3) is 6.07. The summed E-state index contributed by atoms with van der Waals surface area (Å²) in [5, 5.41) is 10.2. The number of benzene rings is 1. The van der Waals surface area contributed by atoms with Crippen molar-refractivity contribution in [2.75, 3.05) is 26.2 Å². The van der Waals surface area contributed by atoms with E-state index in [9.17, 15) is 5.11 Å². The molecule has 0 bridgehead atoms. The number of hydrogen-bond acceptors (Lipinski definition) is 4. The minimum atomic E-state index is -0.473. The van der Waals surface area contributed by atoms with Gasteiger partial charge in [0, 0.05) is 19.6 Å². The largest absolute Gasteiger partial charge is 0.389 e. The molecule has 1 saturated heterocycles. The Labute approximate surface area is 139 Å². The Morgan fingerprint density at radius 1 is 1.30 bits per heavy atom. The molecule has 1 aromatic carbocycles. The van der Waals surface area contributed by atoms with Crippen LogP contribution in [0.15, 0.2) is 36.9 Å². The van der Waals surface area contributed by atoms with Crippen LogP contribution in [0.5, 0.6) is 0 Å². The molecule has 3 unspecified atom stereocenters.